The van der Waals surface area contributed by atoms with Gasteiger partial charge in [-0.3, -0.25) is 9.59 Å². The predicted molar refractivity (Wildman–Crippen MR) is 121 cm³/mol. The molecular weight excluding hydrogens is 491 g/mol. The number of hydrogen-bond donors (Lipinski definition) is 2. The molecule has 14 heteroatoms. The zero-order valence-electron chi connectivity index (χ0n) is 18.9. The molecule has 2 atom stereocenters. The zero-order valence-corrected chi connectivity index (χ0v) is 19.6. The minimum absolute atomic E-state index is 0.00278. The van der Waals surface area contributed by atoms with Gasteiger partial charge in [-0.1, -0.05) is 11.6 Å². The molecule has 1 unspecified atom stereocenters. The van der Waals surface area contributed by atoms with E-state index in [1.807, 2.05) is 16.7 Å². The number of rotatable bonds is 7. The summed E-state index contributed by atoms with van der Waals surface area (Å²) in [6, 6.07) is -0.191. The van der Waals surface area contributed by atoms with Crippen LogP contribution in [-0.2, 0) is 15.7 Å². The van der Waals surface area contributed by atoms with E-state index in [0.29, 0.717) is 44.6 Å². The number of carbonyl (C=O) groups excluding carboxylic acids is 1. The fourth-order valence-corrected chi connectivity index (χ4v) is 4.40. The zero-order chi connectivity index (χ0) is 25.2. The Labute approximate surface area is 203 Å². The van der Waals surface area contributed by atoms with Crippen LogP contribution in [0.25, 0.3) is 0 Å². The van der Waals surface area contributed by atoms with Gasteiger partial charge in [-0.15, -0.1) is 0 Å². The maximum Gasteiger partial charge on any atom is 0.419 e. The first-order chi connectivity index (χ1) is 16.6. The Bertz CT molecular complexity index is 1090. The van der Waals surface area contributed by atoms with E-state index in [-0.39, 0.29) is 35.6 Å². The normalized spacial score (nSPS) is 20.4. The largest absolute Gasteiger partial charge is 0.419 e. The van der Waals surface area contributed by atoms with E-state index in [1.54, 1.807) is 0 Å². The second-order valence-electron chi connectivity index (χ2n) is 8.60. The molecule has 1 amide bonds. The van der Waals surface area contributed by atoms with Gasteiger partial charge in [0.1, 0.15) is 11.1 Å². The monoisotopic (exact) mass is 515 g/mol. The van der Waals surface area contributed by atoms with Crippen LogP contribution in [0.4, 0.5) is 24.8 Å². The number of aromatic amines is 1. The number of likely N-dealkylation sites (tertiary alicyclic amines) is 1. The first kappa shape index (κ1) is 25.2. The van der Waals surface area contributed by atoms with Gasteiger partial charge in [-0.2, -0.15) is 18.3 Å². The molecule has 0 spiro atoms. The van der Waals surface area contributed by atoms with Crippen LogP contribution in [0, 0.1) is 0 Å². The molecule has 0 saturated carbocycles. The first-order valence-electron chi connectivity index (χ1n) is 11.2. The van der Waals surface area contributed by atoms with Crippen molar-refractivity contribution in [3.63, 3.8) is 0 Å². The molecule has 4 rings (SSSR count). The first-order valence-corrected chi connectivity index (χ1v) is 11.6. The summed E-state index contributed by atoms with van der Waals surface area (Å²) in [5.74, 6) is 0.180. The molecule has 35 heavy (non-hydrogen) atoms. The maximum absolute atomic E-state index is 12.9. The summed E-state index contributed by atoms with van der Waals surface area (Å²) in [6.07, 6.45) is -0.148. The minimum atomic E-state index is -4.47. The summed E-state index contributed by atoms with van der Waals surface area (Å²) in [6.45, 7) is 3.73. The highest BCUT2D eigenvalue weighted by Gasteiger charge is 2.38. The number of anilines is 2. The van der Waals surface area contributed by atoms with Crippen LogP contribution in [0.5, 0.6) is 0 Å². The van der Waals surface area contributed by atoms with Crippen molar-refractivity contribution in [3.05, 3.63) is 39.5 Å². The van der Waals surface area contributed by atoms with E-state index in [1.165, 1.54) is 6.20 Å². The number of H-pyrrole nitrogens is 1. The summed E-state index contributed by atoms with van der Waals surface area (Å²) < 4.78 is 44.0. The van der Waals surface area contributed by atoms with E-state index in [0.717, 1.165) is 12.4 Å². The van der Waals surface area contributed by atoms with Crippen molar-refractivity contribution in [2.45, 2.75) is 50.6 Å². The van der Waals surface area contributed by atoms with Crippen molar-refractivity contribution < 1.29 is 22.7 Å². The van der Waals surface area contributed by atoms with Gasteiger partial charge in [0.25, 0.3) is 11.5 Å². The quantitative estimate of drug-likeness (QED) is 0.577. The Kier molecular flexibility index (Phi) is 7.45. The molecule has 2 aromatic rings. The predicted octanol–water partition coefficient (Wildman–Crippen LogP) is 2.32. The average Bonchev–Trinajstić information content (AvgIpc) is 3.20. The maximum atomic E-state index is 12.9. The molecule has 0 radical (unpaired) electrons. The molecule has 0 aliphatic carbocycles. The van der Waals surface area contributed by atoms with Crippen LogP contribution in [-0.4, -0.2) is 75.4 Å². The molecule has 2 N–H and O–H groups in total. The fourth-order valence-electron chi connectivity index (χ4n) is 4.25. The van der Waals surface area contributed by atoms with Gasteiger partial charge in [0, 0.05) is 50.5 Å². The third-order valence-electron chi connectivity index (χ3n) is 6.09. The van der Waals surface area contributed by atoms with Gasteiger partial charge in [-0.05, 0) is 19.8 Å². The highest BCUT2D eigenvalue weighted by atomic mass is 35.5. The van der Waals surface area contributed by atoms with Crippen molar-refractivity contribution in [2.75, 3.05) is 36.5 Å². The Morgan fingerprint density at radius 1 is 1.17 bits per heavy atom. The van der Waals surface area contributed by atoms with E-state index in [4.69, 9.17) is 16.3 Å². The average molecular weight is 516 g/mol. The molecule has 2 fully saturated rings. The SMILES string of the molecule is C[C@@H](COC1CCN(C2CCN(c3ncc(C(F)(F)F)cn3)CC2)C1=O)Nc1cn[nH]c(=O)c1Cl. The van der Waals surface area contributed by atoms with Crippen molar-refractivity contribution in [2.24, 2.45) is 0 Å². The third-order valence-corrected chi connectivity index (χ3v) is 6.46. The lowest BCUT2D eigenvalue weighted by Crippen LogP contribution is -2.47. The fraction of sp³-hybridized carbons (Fsp3) is 0.571. The third kappa shape index (κ3) is 5.84. The lowest BCUT2D eigenvalue weighted by atomic mass is 10.0. The molecule has 2 saturated heterocycles. The number of alkyl halides is 3. The number of carbonyl (C=O) groups is 1. The van der Waals surface area contributed by atoms with E-state index in [9.17, 15) is 22.8 Å². The molecule has 0 bridgehead atoms. The second-order valence-corrected chi connectivity index (χ2v) is 8.98. The van der Waals surface area contributed by atoms with E-state index >= 15 is 0 Å². The number of aromatic nitrogens is 4. The van der Waals surface area contributed by atoms with Gasteiger partial charge < -0.3 is 19.9 Å². The highest BCUT2D eigenvalue weighted by molar-refractivity contribution is 6.32. The van der Waals surface area contributed by atoms with Gasteiger partial charge >= 0.3 is 6.18 Å². The van der Waals surface area contributed by atoms with Gasteiger partial charge in [0.15, 0.2) is 0 Å². The van der Waals surface area contributed by atoms with Crippen LogP contribution < -0.4 is 15.8 Å². The topological polar surface area (TPSA) is 116 Å². The molecule has 2 aliphatic rings. The van der Waals surface area contributed by atoms with E-state index in [2.05, 4.69) is 25.5 Å². The summed E-state index contributed by atoms with van der Waals surface area (Å²) in [5.41, 5.74) is -0.997. The van der Waals surface area contributed by atoms with Crippen LogP contribution >= 0.6 is 11.6 Å². The second kappa shape index (κ2) is 10.4. The molecule has 2 aliphatic heterocycles. The molecular formula is C21H25ClF3N7O3. The van der Waals surface area contributed by atoms with E-state index < -0.39 is 23.4 Å². The van der Waals surface area contributed by atoms with Gasteiger partial charge in [0.05, 0.1) is 24.1 Å². The summed E-state index contributed by atoms with van der Waals surface area (Å²) in [4.78, 5) is 35.8. The molecule has 190 valence electrons. The van der Waals surface area contributed by atoms with Crippen molar-refractivity contribution >= 4 is 29.1 Å². The highest BCUT2D eigenvalue weighted by Crippen LogP contribution is 2.29. The van der Waals surface area contributed by atoms with Crippen LogP contribution in [0.15, 0.2) is 23.4 Å². The van der Waals surface area contributed by atoms with Crippen molar-refractivity contribution in [1.29, 1.82) is 0 Å². The molecule has 4 heterocycles. The summed E-state index contributed by atoms with van der Waals surface area (Å²) in [5, 5.41) is 9.00. The Morgan fingerprint density at radius 3 is 2.51 bits per heavy atom. The number of halogens is 4. The lowest BCUT2D eigenvalue weighted by molar-refractivity contribution is -0.139. The van der Waals surface area contributed by atoms with Crippen molar-refractivity contribution in [3.8, 4) is 0 Å². The smallest absolute Gasteiger partial charge is 0.378 e. The molecule has 10 nitrogen and oxygen atoms in total. The standard InChI is InChI=1S/C21H25ClF3N7O3/c1-12(29-15-10-28-30-18(33)17(15)22)11-35-16-4-7-32(19(16)34)14-2-5-31(6-3-14)20-26-8-13(9-27-20)21(23,24)25/h8-10,12,14,16H,2-7,11H2,1H3,(H2,29,30,33)/t12-,16?/m0/s1. The number of amides is 1. The Hall–Kier alpha value is -2.93. The number of nitrogens with zero attached hydrogens (tertiary/aromatic N) is 5. The van der Waals surface area contributed by atoms with Crippen LogP contribution in [0.1, 0.15) is 31.7 Å². The molecule has 0 aromatic carbocycles. The lowest BCUT2D eigenvalue weighted by Gasteiger charge is -2.36. The van der Waals surface area contributed by atoms with Gasteiger partial charge in [0.2, 0.25) is 5.95 Å². The number of nitrogens with one attached hydrogen (secondary N) is 2. The van der Waals surface area contributed by atoms with Crippen LogP contribution in [0.3, 0.4) is 0 Å². The molecule has 2 aromatic heterocycles. The summed E-state index contributed by atoms with van der Waals surface area (Å²) >= 11 is 5.96. The Morgan fingerprint density at radius 2 is 1.86 bits per heavy atom. The van der Waals surface area contributed by atoms with Crippen molar-refractivity contribution in [1.82, 2.24) is 25.1 Å². The number of hydrogen-bond acceptors (Lipinski definition) is 8. The van der Waals surface area contributed by atoms with Gasteiger partial charge in [-0.25, -0.2) is 15.1 Å². The number of ether oxygens (including phenoxy) is 1. The Balaban J connectivity index is 1.24. The number of piperidine rings is 1. The minimum Gasteiger partial charge on any atom is -0.378 e. The summed E-state index contributed by atoms with van der Waals surface area (Å²) in [7, 11) is 0. The van der Waals surface area contributed by atoms with Crippen LogP contribution in [0.2, 0.25) is 5.02 Å².